The van der Waals surface area contributed by atoms with Gasteiger partial charge >= 0.3 is 5.97 Å². The smallest absolute Gasteiger partial charge is 0.307 e. The molecule has 0 aliphatic carbocycles. The number of aliphatic carboxylic acids is 1. The molecule has 7 nitrogen and oxygen atoms in total. The zero-order chi connectivity index (χ0) is 24.8. The van der Waals surface area contributed by atoms with Gasteiger partial charge in [-0.05, 0) is 54.8 Å². The average Bonchev–Trinajstić information content (AvgIpc) is 3.33. The molecule has 1 aliphatic heterocycles. The summed E-state index contributed by atoms with van der Waals surface area (Å²) in [6.07, 6.45) is 9.74. The summed E-state index contributed by atoms with van der Waals surface area (Å²) >= 11 is 0. The highest BCUT2D eigenvalue weighted by Gasteiger charge is 2.37. The lowest BCUT2D eigenvalue weighted by atomic mass is 9.73. The van der Waals surface area contributed by atoms with E-state index in [1.807, 2.05) is 48.3 Å². The van der Waals surface area contributed by atoms with Gasteiger partial charge in [-0.3, -0.25) is 9.69 Å². The van der Waals surface area contributed by atoms with Crippen LogP contribution in [0.25, 0.3) is 0 Å². The number of carboxylic acids is 1. The maximum absolute atomic E-state index is 11.5. The molecule has 1 atom stereocenters. The summed E-state index contributed by atoms with van der Waals surface area (Å²) in [5, 5.41) is 9.47. The second-order valence-electron chi connectivity index (χ2n) is 8.97. The minimum atomic E-state index is -0.711. The lowest BCUT2D eigenvalue weighted by Gasteiger charge is -2.33. The topological polar surface area (TPSA) is 76.8 Å². The third kappa shape index (κ3) is 5.10. The van der Waals surface area contributed by atoms with Crippen molar-refractivity contribution in [2.24, 2.45) is 13.0 Å². The Hall–Kier alpha value is -3.58. The van der Waals surface area contributed by atoms with Gasteiger partial charge in [-0.25, -0.2) is 4.98 Å². The first-order chi connectivity index (χ1) is 17.0. The number of hydrogen-bond acceptors (Lipinski definition) is 5. The van der Waals surface area contributed by atoms with Crippen molar-refractivity contribution < 1.29 is 19.4 Å². The van der Waals surface area contributed by atoms with Crippen LogP contribution in [0.2, 0.25) is 0 Å². The Kier molecular flexibility index (Phi) is 7.56. The van der Waals surface area contributed by atoms with Crippen LogP contribution in [0.15, 0.2) is 73.1 Å². The summed E-state index contributed by atoms with van der Waals surface area (Å²) in [6.45, 7) is 2.14. The second-order valence-corrected chi connectivity index (χ2v) is 8.97. The summed E-state index contributed by atoms with van der Waals surface area (Å²) in [7, 11) is 5.32. The molecule has 4 rings (SSSR count). The van der Waals surface area contributed by atoms with Gasteiger partial charge in [-0.2, -0.15) is 0 Å². The molecule has 0 radical (unpaired) electrons. The number of likely N-dealkylation sites (tertiary alicyclic amines) is 1. The number of nitrogens with zero attached hydrogens (tertiary/aromatic N) is 3. The van der Waals surface area contributed by atoms with Crippen molar-refractivity contribution in [1.29, 1.82) is 0 Å². The van der Waals surface area contributed by atoms with Crippen LogP contribution < -0.4 is 9.47 Å². The summed E-state index contributed by atoms with van der Waals surface area (Å²) in [4.78, 5) is 18.5. The van der Waals surface area contributed by atoms with Crippen molar-refractivity contribution >= 4 is 5.97 Å². The third-order valence-corrected chi connectivity index (χ3v) is 6.85. The van der Waals surface area contributed by atoms with Crippen molar-refractivity contribution in [2.45, 2.75) is 18.3 Å². The molecule has 0 saturated carbocycles. The molecule has 1 saturated heterocycles. The molecule has 2 aromatic carbocycles. The third-order valence-electron chi connectivity index (χ3n) is 6.85. The standard InChI is InChI=1S/C28H33N3O4/c1-30-19-16-29-27(30)28(22-7-11-24(34-2)12-8-22,23-9-13-25(35-3)14-10-23)15-5-18-31-17-4-6-21(20-31)26(32)33/h5,7-16,19,21H,4,6,17-18,20H2,1-3H3,(H,32,33)/b15-5+. The lowest BCUT2D eigenvalue weighted by Crippen LogP contribution is -2.39. The van der Waals surface area contributed by atoms with Gasteiger partial charge in [0.25, 0.3) is 0 Å². The van der Waals surface area contributed by atoms with E-state index in [0.717, 1.165) is 47.8 Å². The Labute approximate surface area is 206 Å². The van der Waals surface area contributed by atoms with Gasteiger partial charge in [0.2, 0.25) is 0 Å². The van der Waals surface area contributed by atoms with Crippen molar-refractivity contribution in [1.82, 2.24) is 14.5 Å². The van der Waals surface area contributed by atoms with Crippen molar-refractivity contribution in [3.63, 3.8) is 0 Å². The van der Waals surface area contributed by atoms with Crippen LogP contribution >= 0.6 is 0 Å². The molecule has 0 bridgehead atoms. The number of piperidine rings is 1. The number of carboxylic acid groups (broad SMARTS) is 1. The first-order valence-corrected chi connectivity index (χ1v) is 11.9. The monoisotopic (exact) mass is 475 g/mol. The zero-order valence-electron chi connectivity index (χ0n) is 20.6. The van der Waals surface area contributed by atoms with E-state index in [2.05, 4.69) is 41.3 Å². The molecule has 1 unspecified atom stereocenters. The molecule has 1 aromatic heterocycles. The van der Waals surface area contributed by atoms with Gasteiger partial charge in [0.05, 0.1) is 25.6 Å². The Balaban J connectivity index is 1.79. The fourth-order valence-electron chi connectivity index (χ4n) is 4.95. The number of hydrogen-bond donors (Lipinski definition) is 1. The fraction of sp³-hybridized carbons (Fsp3) is 0.357. The summed E-state index contributed by atoms with van der Waals surface area (Å²) in [6, 6.07) is 16.2. The molecule has 2 heterocycles. The first-order valence-electron chi connectivity index (χ1n) is 11.9. The summed E-state index contributed by atoms with van der Waals surface area (Å²) in [5.41, 5.74) is 1.44. The highest BCUT2D eigenvalue weighted by atomic mass is 16.5. The number of carbonyl (C=O) groups is 1. The van der Waals surface area contributed by atoms with Gasteiger partial charge < -0.3 is 19.1 Å². The molecule has 1 fully saturated rings. The normalized spacial score (nSPS) is 16.9. The van der Waals surface area contributed by atoms with E-state index in [0.29, 0.717) is 13.1 Å². The molecule has 7 heteroatoms. The quantitative estimate of drug-likeness (QED) is 0.469. The molecule has 1 N–H and O–H groups in total. The van der Waals surface area contributed by atoms with E-state index < -0.39 is 11.4 Å². The summed E-state index contributed by atoms with van der Waals surface area (Å²) in [5.74, 6) is 1.44. The van der Waals surface area contributed by atoms with Crippen LogP contribution in [0.4, 0.5) is 0 Å². The lowest BCUT2D eigenvalue weighted by molar-refractivity contribution is -0.143. The van der Waals surface area contributed by atoms with Crippen LogP contribution in [-0.2, 0) is 17.3 Å². The maximum atomic E-state index is 11.5. The first kappa shape index (κ1) is 24.5. The number of rotatable bonds is 9. The average molecular weight is 476 g/mol. The number of benzene rings is 2. The minimum Gasteiger partial charge on any atom is -0.497 e. The number of aryl methyl sites for hydroxylation is 1. The largest absolute Gasteiger partial charge is 0.497 e. The molecule has 1 aliphatic rings. The van der Waals surface area contributed by atoms with E-state index >= 15 is 0 Å². The van der Waals surface area contributed by atoms with E-state index in [4.69, 9.17) is 14.5 Å². The second kappa shape index (κ2) is 10.8. The summed E-state index contributed by atoms with van der Waals surface area (Å²) < 4.78 is 12.9. The van der Waals surface area contributed by atoms with Gasteiger partial charge in [0.1, 0.15) is 17.3 Å². The number of ether oxygens (including phenoxy) is 2. The Morgan fingerprint density at radius 3 is 2.17 bits per heavy atom. The SMILES string of the molecule is COc1ccc(C(/C=C/CN2CCCC(C(=O)O)C2)(c2ccc(OC)cc2)c2nccn2C)cc1. The van der Waals surface area contributed by atoms with Crippen molar-refractivity contribution in [3.05, 3.63) is 90.0 Å². The molecule has 184 valence electrons. The van der Waals surface area contributed by atoms with Gasteiger partial charge in [0.15, 0.2) is 0 Å². The van der Waals surface area contributed by atoms with E-state index in [1.165, 1.54) is 0 Å². The number of aromatic nitrogens is 2. The van der Waals surface area contributed by atoms with E-state index in [1.54, 1.807) is 14.2 Å². The van der Waals surface area contributed by atoms with Crippen LogP contribution in [0.3, 0.4) is 0 Å². The highest BCUT2D eigenvalue weighted by Crippen LogP contribution is 2.41. The van der Waals surface area contributed by atoms with Crippen molar-refractivity contribution in [3.8, 4) is 11.5 Å². The van der Waals surface area contributed by atoms with E-state index in [9.17, 15) is 9.90 Å². The van der Waals surface area contributed by atoms with Gasteiger partial charge in [0, 0.05) is 32.5 Å². The van der Waals surface area contributed by atoms with Crippen LogP contribution in [0.5, 0.6) is 11.5 Å². The van der Waals surface area contributed by atoms with E-state index in [-0.39, 0.29) is 5.92 Å². The Morgan fingerprint density at radius 2 is 1.69 bits per heavy atom. The van der Waals surface area contributed by atoms with Gasteiger partial charge in [-0.1, -0.05) is 36.4 Å². The molecular formula is C28H33N3O4. The number of imidazole rings is 1. The molecule has 0 amide bonds. The molecular weight excluding hydrogens is 442 g/mol. The van der Waals surface area contributed by atoms with Crippen LogP contribution in [0, 0.1) is 5.92 Å². The predicted molar refractivity (Wildman–Crippen MR) is 135 cm³/mol. The predicted octanol–water partition coefficient (Wildman–Crippen LogP) is 4.12. The van der Waals surface area contributed by atoms with Crippen molar-refractivity contribution in [2.75, 3.05) is 33.9 Å². The molecule has 3 aromatic rings. The fourth-order valence-corrected chi connectivity index (χ4v) is 4.95. The highest BCUT2D eigenvalue weighted by molar-refractivity contribution is 5.70. The van der Waals surface area contributed by atoms with Crippen LogP contribution in [-0.4, -0.2) is 59.4 Å². The minimum absolute atomic E-state index is 0.306. The van der Waals surface area contributed by atoms with Crippen LogP contribution in [0.1, 0.15) is 29.8 Å². The number of allylic oxidation sites excluding steroid dienone is 1. The van der Waals surface area contributed by atoms with Gasteiger partial charge in [-0.15, -0.1) is 0 Å². The Morgan fingerprint density at radius 1 is 1.09 bits per heavy atom. The maximum Gasteiger partial charge on any atom is 0.307 e. The molecule has 35 heavy (non-hydrogen) atoms. The number of methoxy groups -OCH3 is 2. The Bertz CT molecular complexity index is 1100. The molecule has 0 spiro atoms. The zero-order valence-corrected chi connectivity index (χ0v) is 20.6.